The van der Waals surface area contributed by atoms with Crippen molar-refractivity contribution < 1.29 is 8.83 Å². The maximum atomic E-state index is 6.11. The Morgan fingerprint density at radius 3 is 1.00 bits per heavy atom. The number of benzene rings is 17. The molecule has 0 aliphatic heterocycles. The van der Waals surface area contributed by atoms with Crippen LogP contribution in [-0.2, 0) is 0 Å². The molecule has 498 valence electrons. The fourth-order valence-corrected chi connectivity index (χ4v) is 16.6. The van der Waals surface area contributed by atoms with Crippen molar-refractivity contribution in [3.8, 4) is 67.5 Å². The summed E-state index contributed by atoms with van der Waals surface area (Å²) in [6.07, 6.45) is 0. The fraction of sp³-hybridized carbons (Fsp3) is 0. The van der Waals surface area contributed by atoms with Crippen LogP contribution in [0.15, 0.2) is 361 Å². The number of thiophene rings is 1. The number of hydrogen-bond donors (Lipinski definition) is 0. The van der Waals surface area contributed by atoms with Crippen molar-refractivity contribution >= 4 is 162 Å². The van der Waals surface area contributed by atoms with Gasteiger partial charge in [-0.05, 0) is 140 Å². The van der Waals surface area contributed by atoms with E-state index >= 15 is 0 Å². The molecule has 6 heterocycles. The predicted octanol–water partition coefficient (Wildman–Crippen LogP) is 26.8. The molecule has 0 N–H and O–H groups in total. The first-order valence-corrected chi connectivity index (χ1v) is 36.7. The molecule has 0 bridgehead atoms. The largest absolute Gasteiger partial charge is 0.456 e. The lowest BCUT2D eigenvalue weighted by atomic mass is 9.99. The van der Waals surface area contributed by atoms with Gasteiger partial charge in [-0.25, -0.2) is 29.9 Å². The normalized spacial score (nSPS) is 11.7. The van der Waals surface area contributed by atoms with Crippen LogP contribution in [0.1, 0.15) is 0 Å². The van der Waals surface area contributed by atoms with E-state index in [-0.39, 0.29) is 0 Å². The SMILES string of the molecule is c1ccc(-c2nc3c(ccc4ccccc43)nc2-c2ccc3cc4oc5ccccc5c4cc3c2)cc1.c1ccc(-c2nc3ccc4ccccc4c3nc2-c2ccc3cc4sc5ccccc5c4cc3c2)cc1.c1ccc(-c2nc3ccccc3nc2-c2ccc3cc4oc5ccccc5c4cc3c2)cc1. The highest BCUT2D eigenvalue weighted by Gasteiger charge is 2.21. The molecule has 6 aromatic heterocycles. The Labute approximate surface area is 616 Å². The average Bonchev–Trinajstić information content (AvgIpc) is 1.74. The van der Waals surface area contributed by atoms with E-state index in [4.69, 9.17) is 38.7 Å². The van der Waals surface area contributed by atoms with Gasteiger partial charge < -0.3 is 8.83 Å². The highest BCUT2D eigenvalue weighted by atomic mass is 32.1. The van der Waals surface area contributed by atoms with Gasteiger partial charge in [0, 0.05) is 85.9 Å². The lowest BCUT2D eigenvalue weighted by molar-refractivity contribution is 0.669. The Morgan fingerprint density at radius 1 is 0.178 bits per heavy atom. The third kappa shape index (κ3) is 10.9. The first-order valence-electron chi connectivity index (χ1n) is 35.9. The molecule has 0 radical (unpaired) electrons. The molecule has 0 unspecified atom stereocenters. The standard InChI is InChI=1S/C34H20N2O.C34H20N2S.C30H18N2O/c1-2-9-22(10-3-1)32-33(35-29-17-16-21-8-4-5-11-26(21)34(29)36-32)24-15-14-23-20-31-28(19-25(23)18-24)27-12-6-7-13-30(27)37-31;1-2-9-22(10-3-1)32-33(36-34-26-11-5-4-8-21(26)16-17-29(34)35-32)24-15-14-23-20-31-28(19-25(23)18-24)27-12-6-7-13-30(27)37-31;1-2-8-19(9-3-1)29-30(32-26-12-6-5-11-25(26)31-29)21-15-14-20-18-28-24(17-22(20)16-21)23-10-4-7-13-27(23)33-28/h2*1-20H;1-18H. The van der Waals surface area contributed by atoms with Crippen LogP contribution in [0.2, 0.25) is 0 Å². The maximum absolute atomic E-state index is 6.11. The van der Waals surface area contributed by atoms with Gasteiger partial charge in [-0.2, -0.15) is 0 Å². The van der Waals surface area contributed by atoms with Crippen molar-refractivity contribution in [1.82, 2.24) is 29.9 Å². The summed E-state index contributed by atoms with van der Waals surface area (Å²) in [5.41, 5.74) is 20.8. The molecule has 0 saturated carbocycles. The summed E-state index contributed by atoms with van der Waals surface area (Å²) in [6, 6.07) is 122. The van der Waals surface area contributed by atoms with Gasteiger partial charge in [0.15, 0.2) is 0 Å². The molecule has 9 heteroatoms. The summed E-state index contributed by atoms with van der Waals surface area (Å²) in [5, 5.41) is 18.8. The lowest BCUT2D eigenvalue weighted by Gasteiger charge is -2.13. The molecule has 0 atom stereocenters. The molecule has 0 aliphatic carbocycles. The van der Waals surface area contributed by atoms with Gasteiger partial charge in [-0.3, -0.25) is 0 Å². The van der Waals surface area contributed by atoms with Gasteiger partial charge in [0.05, 0.1) is 67.3 Å². The predicted molar refractivity (Wildman–Crippen MR) is 446 cm³/mol. The number of para-hydroxylation sites is 4. The summed E-state index contributed by atoms with van der Waals surface area (Å²) in [7, 11) is 0. The Hall–Kier alpha value is -14.1. The highest BCUT2D eigenvalue weighted by molar-refractivity contribution is 7.25. The van der Waals surface area contributed by atoms with Crippen LogP contribution < -0.4 is 0 Å². The molecule has 8 nitrogen and oxygen atoms in total. The Morgan fingerprint density at radius 2 is 0.523 bits per heavy atom. The van der Waals surface area contributed by atoms with Crippen LogP contribution >= 0.6 is 11.3 Å². The van der Waals surface area contributed by atoms with Gasteiger partial charge in [-0.1, -0.05) is 255 Å². The van der Waals surface area contributed by atoms with E-state index in [1.165, 1.54) is 36.3 Å². The Kier molecular flexibility index (Phi) is 14.6. The van der Waals surface area contributed by atoms with Crippen LogP contribution in [0.3, 0.4) is 0 Å². The molecular formula is C98H58N6O2S. The van der Waals surface area contributed by atoms with E-state index in [2.05, 4.69) is 273 Å². The number of furan rings is 2. The maximum Gasteiger partial charge on any atom is 0.136 e. The molecule has 0 spiro atoms. The number of rotatable bonds is 6. The molecule has 23 rings (SSSR count). The zero-order valence-corrected chi connectivity index (χ0v) is 58.2. The summed E-state index contributed by atoms with van der Waals surface area (Å²) in [6.45, 7) is 0. The smallest absolute Gasteiger partial charge is 0.136 e. The number of hydrogen-bond acceptors (Lipinski definition) is 9. The second kappa shape index (κ2) is 25.4. The monoisotopic (exact) mass is 1380 g/mol. The van der Waals surface area contributed by atoms with E-state index in [9.17, 15) is 0 Å². The van der Waals surface area contributed by atoms with Crippen molar-refractivity contribution in [3.05, 3.63) is 352 Å². The van der Waals surface area contributed by atoms with Crippen molar-refractivity contribution in [2.45, 2.75) is 0 Å². The van der Waals surface area contributed by atoms with Crippen molar-refractivity contribution in [1.29, 1.82) is 0 Å². The molecule has 107 heavy (non-hydrogen) atoms. The second-order valence-electron chi connectivity index (χ2n) is 27.2. The van der Waals surface area contributed by atoms with E-state index in [1.807, 2.05) is 90.2 Å². The quantitative estimate of drug-likeness (QED) is 0.152. The second-order valence-corrected chi connectivity index (χ2v) is 28.3. The van der Waals surface area contributed by atoms with Gasteiger partial charge in [0.25, 0.3) is 0 Å². The van der Waals surface area contributed by atoms with Crippen LogP contribution in [0.5, 0.6) is 0 Å². The summed E-state index contributed by atoms with van der Waals surface area (Å²) >= 11 is 1.86. The van der Waals surface area contributed by atoms with Crippen molar-refractivity contribution in [2.24, 2.45) is 0 Å². The van der Waals surface area contributed by atoms with Crippen LogP contribution in [-0.4, -0.2) is 29.9 Å². The molecule has 0 amide bonds. The minimum atomic E-state index is 0.882. The minimum Gasteiger partial charge on any atom is -0.456 e. The average molecular weight is 1380 g/mol. The molecule has 23 aromatic rings. The summed E-state index contributed by atoms with van der Waals surface area (Å²) in [5.74, 6) is 0. The van der Waals surface area contributed by atoms with E-state index in [0.717, 1.165) is 182 Å². The van der Waals surface area contributed by atoms with Crippen molar-refractivity contribution in [2.75, 3.05) is 0 Å². The Balaban J connectivity index is 0.000000103. The third-order valence-electron chi connectivity index (χ3n) is 20.7. The Bertz CT molecular complexity index is 7520. The van der Waals surface area contributed by atoms with Crippen LogP contribution in [0.25, 0.3) is 219 Å². The number of aromatic nitrogens is 6. The zero-order valence-electron chi connectivity index (χ0n) is 57.4. The summed E-state index contributed by atoms with van der Waals surface area (Å²) < 4.78 is 14.8. The highest BCUT2D eigenvalue weighted by Crippen LogP contribution is 2.43. The topological polar surface area (TPSA) is 104 Å². The molecule has 0 aliphatic rings. The van der Waals surface area contributed by atoms with E-state index in [0.29, 0.717) is 0 Å². The van der Waals surface area contributed by atoms with Gasteiger partial charge in [0.2, 0.25) is 0 Å². The van der Waals surface area contributed by atoms with Gasteiger partial charge >= 0.3 is 0 Å². The van der Waals surface area contributed by atoms with Gasteiger partial charge in [0.1, 0.15) is 22.3 Å². The number of fused-ring (bicyclic) bond motifs is 19. The molecular weight excluding hydrogens is 1330 g/mol. The van der Waals surface area contributed by atoms with Crippen LogP contribution in [0, 0.1) is 0 Å². The van der Waals surface area contributed by atoms with E-state index in [1.54, 1.807) is 0 Å². The first-order chi connectivity index (χ1) is 53.0. The summed E-state index contributed by atoms with van der Waals surface area (Å²) in [4.78, 5) is 31.0. The molecule has 0 saturated heterocycles. The molecule has 17 aromatic carbocycles. The zero-order chi connectivity index (χ0) is 70.5. The number of nitrogens with zero attached hydrogens (tertiary/aromatic N) is 6. The van der Waals surface area contributed by atoms with Crippen LogP contribution in [0.4, 0.5) is 0 Å². The minimum absolute atomic E-state index is 0.882. The fourth-order valence-electron chi connectivity index (χ4n) is 15.4. The van der Waals surface area contributed by atoms with E-state index < -0.39 is 0 Å². The molecule has 0 fully saturated rings. The van der Waals surface area contributed by atoms with Gasteiger partial charge in [-0.15, -0.1) is 11.3 Å². The third-order valence-corrected chi connectivity index (χ3v) is 21.8. The first kappa shape index (κ1) is 61.5. The lowest BCUT2D eigenvalue weighted by Crippen LogP contribution is -1.96. The van der Waals surface area contributed by atoms with Crippen molar-refractivity contribution in [3.63, 3.8) is 0 Å².